The molecule has 0 aromatic heterocycles. The van der Waals surface area contributed by atoms with E-state index in [2.05, 4.69) is 4.90 Å². The van der Waals surface area contributed by atoms with Gasteiger partial charge in [0, 0.05) is 19.5 Å². The van der Waals surface area contributed by atoms with E-state index in [0.29, 0.717) is 6.42 Å². The first kappa shape index (κ1) is 12.7. The molecule has 0 unspecified atom stereocenters. The first-order valence-electron chi connectivity index (χ1n) is 4.37. The predicted octanol–water partition coefficient (Wildman–Crippen LogP) is 0.00590. The monoisotopic (exact) mass is 208 g/mol. The zero-order chi connectivity index (χ0) is 8.81. The van der Waals surface area contributed by atoms with Crippen LogP contribution in [0.15, 0.2) is 0 Å². The molecule has 1 aliphatic heterocycles. The van der Waals surface area contributed by atoms with E-state index >= 15 is 0 Å². The van der Waals surface area contributed by atoms with Gasteiger partial charge in [-0.1, -0.05) is 0 Å². The summed E-state index contributed by atoms with van der Waals surface area (Å²) >= 11 is 0. The molecule has 0 aromatic rings. The van der Waals surface area contributed by atoms with Gasteiger partial charge in [0.2, 0.25) is 5.91 Å². The van der Waals surface area contributed by atoms with Gasteiger partial charge in [-0.15, -0.1) is 12.4 Å². The largest absolute Gasteiger partial charge is 0.379 e. The Kier molecular flexibility index (Phi) is 6.94. The molecule has 13 heavy (non-hydrogen) atoms. The number of nitrogens with two attached hydrogens (primary N) is 1. The van der Waals surface area contributed by atoms with Crippen LogP contribution in [0.2, 0.25) is 0 Å². The summed E-state index contributed by atoms with van der Waals surface area (Å²) in [4.78, 5) is 12.7. The Morgan fingerprint density at radius 3 is 2.54 bits per heavy atom. The molecule has 0 saturated carbocycles. The molecule has 5 heteroatoms. The lowest BCUT2D eigenvalue weighted by atomic mass is 10.2. The second-order valence-electron chi connectivity index (χ2n) is 3.02. The van der Waals surface area contributed by atoms with Crippen LogP contribution in [0.3, 0.4) is 0 Å². The molecule has 0 aliphatic carbocycles. The van der Waals surface area contributed by atoms with Gasteiger partial charge >= 0.3 is 0 Å². The minimum atomic E-state index is -0.205. The number of primary amides is 1. The molecule has 4 nitrogen and oxygen atoms in total. The smallest absolute Gasteiger partial charge is 0.217 e. The van der Waals surface area contributed by atoms with Crippen molar-refractivity contribution < 1.29 is 9.53 Å². The summed E-state index contributed by atoms with van der Waals surface area (Å²) in [5, 5.41) is 0. The average Bonchev–Trinajstić information content (AvgIpc) is 2.05. The molecule has 0 radical (unpaired) electrons. The highest BCUT2D eigenvalue weighted by Crippen LogP contribution is 1.99. The van der Waals surface area contributed by atoms with Crippen molar-refractivity contribution in [3.05, 3.63) is 0 Å². The number of carbonyl (C=O) groups is 1. The molecule has 1 amide bonds. The number of ether oxygens (including phenoxy) is 1. The number of hydrogen-bond acceptors (Lipinski definition) is 3. The third-order valence-corrected chi connectivity index (χ3v) is 2.00. The molecular formula is C8H17ClN2O2. The van der Waals surface area contributed by atoms with Crippen LogP contribution < -0.4 is 5.73 Å². The van der Waals surface area contributed by atoms with Gasteiger partial charge in [-0.2, -0.15) is 0 Å². The van der Waals surface area contributed by atoms with Gasteiger partial charge in [0.05, 0.1) is 13.2 Å². The number of carbonyl (C=O) groups excluding carboxylic acids is 1. The van der Waals surface area contributed by atoms with E-state index in [9.17, 15) is 4.79 Å². The lowest BCUT2D eigenvalue weighted by Gasteiger charge is -2.26. The summed E-state index contributed by atoms with van der Waals surface area (Å²) in [7, 11) is 0. The first-order valence-corrected chi connectivity index (χ1v) is 4.37. The standard InChI is InChI=1S/C8H16N2O2.ClH/c9-8(11)2-1-3-10-4-6-12-7-5-10;/h1-7H2,(H2,9,11);1H. The predicted molar refractivity (Wildman–Crippen MR) is 52.9 cm³/mol. The normalized spacial score (nSPS) is 17.8. The van der Waals surface area contributed by atoms with E-state index in [1.807, 2.05) is 0 Å². The fourth-order valence-corrected chi connectivity index (χ4v) is 1.30. The molecule has 78 valence electrons. The van der Waals surface area contributed by atoms with Gasteiger partial charge < -0.3 is 10.5 Å². The maximum Gasteiger partial charge on any atom is 0.217 e. The van der Waals surface area contributed by atoms with Crippen molar-refractivity contribution in [2.24, 2.45) is 5.73 Å². The third kappa shape index (κ3) is 5.85. The molecule has 0 spiro atoms. The zero-order valence-electron chi connectivity index (χ0n) is 7.70. The molecule has 2 N–H and O–H groups in total. The van der Waals surface area contributed by atoms with Gasteiger partial charge in [-0.3, -0.25) is 9.69 Å². The summed E-state index contributed by atoms with van der Waals surface area (Å²) in [6, 6.07) is 0. The SMILES string of the molecule is Cl.NC(=O)CCCN1CCOCC1. The number of rotatable bonds is 4. The minimum absolute atomic E-state index is 0. The lowest BCUT2D eigenvalue weighted by Crippen LogP contribution is -2.37. The number of amides is 1. The van der Waals surface area contributed by atoms with Crippen LogP contribution in [-0.4, -0.2) is 43.7 Å². The highest BCUT2D eigenvalue weighted by atomic mass is 35.5. The van der Waals surface area contributed by atoms with E-state index in [4.69, 9.17) is 10.5 Å². The van der Waals surface area contributed by atoms with Crippen LogP contribution in [0, 0.1) is 0 Å². The second kappa shape index (κ2) is 7.12. The second-order valence-corrected chi connectivity index (χ2v) is 3.02. The summed E-state index contributed by atoms with van der Waals surface area (Å²) < 4.78 is 5.19. The Hall–Kier alpha value is -0.320. The molecule has 0 bridgehead atoms. The van der Waals surface area contributed by atoms with Crippen LogP contribution >= 0.6 is 12.4 Å². The Bertz CT molecular complexity index is 149. The van der Waals surface area contributed by atoms with Crippen molar-refractivity contribution in [2.45, 2.75) is 12.8 Å². The van der Waals surface area contributed by atoms with Gasteiger partial charge in [-0.25, -0.2) is 0 Å². The molecule has 1 heterocycles. The van der Waals surface area contributed by atoms with Crippen molar-refractivity contribution in [3.8, 4) is 0 Å². The molecule has 1 saturated heterocycles. The average molecular weight is 209 g/mol. The molecule has 0 aromatic carbocycles. The van der Waals surface area contributed by atoms with E-state index in [1.165, 1.54) is 0 Å². The number of halogens is 1. The first-order chi connectivity index (χ1) is 5.79. The Labute approximate surface area is 84.8 Å². The van der Waals surface area contributed by atoms with Gasteiger partial charge in [0.1, 0.15) is 0 Å². The number of morpholine rings is 1. The van der Waals surface area contributed by atoms with Crippen LogP contribution in [0.4, 0.5) is 0 Å². The minimum Gasteiger partial charge on any atom is -0.379 e. The van der Waals surface area contributed by atoms with Gasteiger partial charge in [0.25, 0.3) is 0 Å². The summed E-state index contributed by atoms with van der Waals surface area (Å²) in [6.45, 7) is 4.57. The summed E-state index contributed by atoms with van der Waals surface area (Å²) in [5.74, 6) is -0.205. The molecule has 0 atom stereocenters. The molecular weight excluding hydrogens is 192 g/mol. The maximum atomic E-state index is 10.4. The topological polar surface area (TPSA) is 55.6 Å². The van der Waals surface area contributed by atoms with E-state index in [1.54, 1.807) is 0 Å². The van der Waals surface area contributed by atoms with Gasteiger partial charge in [0.15, 0.2) is 0 Å². The van der Waals surface area contributed by atoms with Crippen molar-refractivity contribution >= 4 is 18.3 Å². The Morgan fingerprint density at radius 2 is 2.00 bits per heavy atom. The summed E-state index contributed by atoms with van der Waals surface area (Å²) in [5.41, 5.74) is 5.03. The van der Waals surface area contributed by atoms with Crippen molar-refractivity contribution in [3.63, 3.8) is 0 Å². The highest BCUT2D eigenvalue weighted by Gasteiger charge is 2.09. The molecule has 1 fully saturated rings. The van der Waals surface area contributed by atoms with Crippen molar-refractivity contribution in [1.29, 1.82) is 0 Å². The Balaban J connectivity index is 0.00000144. The van der Waals surface area contributed by atoms with E-state index in [-0.39, 0.29) is 18.3 Å². The van der Waals surface area contributed by atoms with Crippen LogP contribution in [0.5, 0.6) is 0 Å². The summed E-state index contributed by atoms with van der Waals surface area (Å²) in [6.07, 6.45) is 1.37. The molecule has 1 rings (SSSR count). The highest BCUT2D eigenvalue weighted by molar-refractivity contribution is 5.85. The third-order valence-electron chi connectivity index (χ3n) is 2.00. The van der Waals surface area contributed by atoms with E-state index in [0.717, 1.165) is 39.3 Å². The number of nitrogens with zero attached hydrogens (tertiary/aromatic N) is 1. The Morgan fingerprint density at radius 1 is 1.38 bits per heavy atom. The number of hydrogen-bond donors (Lipinski definition) is 1. The molecule has 1 aliphatic rings. The van der Waals surface area contributed by atoms with Crippen LogP contribution in [0.1, 0.15) is 12.8 Å². The fourth-order valence-electron chi connectivity index (χ4n) is 1.30. The van der Waals surface area contributed by atoms with Crippen LogP contribution in [0.25, 0.3) is 0 Å². The quantitative estimate of drug-likeness (QED) is 0.708. The maximum absolute atomic E-state index is 10.4. The van der Waals surface area contributed by atoms with Crippen molar-refractivity contribution in [1.82, 2.24) is 4.90 Å². The lowest BCUT2D eigenvalue weighted by molar-refractivity contribution is -0.118. The zero-order valence-corrected chi connectivity index (χ0v) is 8.52. The van der Waals surface area contributed by atoms with E-state index < -0.39 is 0 Å². The van der Waals surface area contributed by atoms with Gasteiger partial charge in [-0.05, 0) is 13.0 Å². The fraction of sp³-hybridized carbons (Fsp3) is 0.875. The van der Waals surface area contributed by atoms with Crippen molar-refractivity contribution in [2.75, 3.05) is 32.8 Å². The van der Waals surface area contributed by atoms with Crippen LogP contribution in [-0.2, 0) is 9.53 Å².